The first-order valence-corrected chi connectivity index (χ1v) is 6.91. The Bertz CT molecular complexity index is 465. The molecule has 0 atom stereocenters. The van der Waals surface area contributed by atoms with Crippen LogP contribution in [0.1, 0.15) is 0 Å². The molecule has 0 aliphatic carbocycles. The molecule has 0 saturated carbocycles. The van der Waals surface area contributed by atoms with Gasteiger partial charge in [-0.25, -0.2) is 8.42 Å². The van der Waals surface area contributed by atoms with E-state index in [1.807, 2.05) is 0 Å². The van der Waals surface area contributed by atoms with Gasteiger partial charge in [0.2, 0.25) is 0 Å². The standard InChI is InChI=1S/C9H9F3O3S2/c10-9(11,12)17(14,15)8-3-1-7(2-4-8)16-6-5-13/h1-4,13H,5-6H2. The lowest BCUT2D eigenvalue weighted by Crippen LogP contribution is -2.23. The van der Waals surface area contributed by atoms with Crippen molar-refractivity contribution in [2.75, 3.05) is 12.4 Å². The number of aliphatic hydroxyl groups is 1. The maximum Gasteiger partial charge on any atom is 0.501 e. The number of benzene rings is 1. The molecule has 1 N–H and O–H groups in total. The normalized spacial score (nSPS) is 12.7. The van der Waals surface area contributed by atoms with Crippen molar-refractivity contribution in [3.05, 3.63) is 24.3 Å². The molecule has 0 saturated heterocycles. The van der Waals surface area contributed by atoms with E-state index in [2.05, 4.69) is 0 Å². The molecule has 0 bridgehead atoms. The number of hydrogen-bond donors (Lipinski definition) is 1. The van der Waals surface area contributed by atoms with Gasteiger partial charge >= 0.3 is 5.51 Å². The third kappa shape index (κ3) is 3.36. The number of sulfone groups is 1. The lowest BCUT2D eigenvalue weighted by Gasteiger charge is -2.08. The number of hydrogen-bond acceptors (Lipinski definition) is 4. The number of thioether (sulfide) groups is 1. The topological polar surface area (TPSA) is 54.4 Å². The molecule has 8 heteroatoms. The summed E-state index contributed by atoms with van der Waals surface area (Å²) in [6, 6.07) is 4.36. The molecule has 1 aromatic rings. The summed E-state index contributed by atoms with van der Waals surface area (Å²) in [7, 11) is -5.27. The Labute approximate surface area is 101 Å². The van der Waals surface area contributed by atoms with Crippen LogP contribution in [-0.2, 0) is 9.84 Å². The Morgan fingerprint density at radius 1 is 1.18 bits per heavy atom. The van der Waals surface area contributed by atoms with Crippen LogP contribution in [0, 0.1) is 0 Å². The Balaban J connectivity index is 2.96. The van der Waals surface area contributed by atoms with Crippen LogP contribution in [0.25, 0.3) is 0 Å². The first-order chi connectivity index (χ1) is 7.79. The summed E-state index contributed by atoms with van der Waals surface area (Å²) in [5.41, 5.74) is -5.28. The number of alkyl halides is 3. The van der Waals surface area contributed by atoms with E-state index in [4.69, 9.17) is 5.11 Å². The van der Waals surface area contributed by atoms with Crippen LogP contribution >= 0.6 is 11.8 Å². The van der Waals surface area contributed by atoms with Crippen LogP contribution in [0.15, 0.2) is 34.1 Å². The van der Waals surface area contributed by atoms with Crippen molar-refractivity contribution in [1.29, 1.82) is 0 Å². The van der Waals surface area contributed by atoms with Crippen molar-refractivity contribution in [1.82, 2.24) is 0 Å². The third-order valence-corrected chi connectivity index (χ3v) is 4.29. The van der Waals surface area contributed by atoms with E-state index >= 15 is 0 Å². The zero-order valence-corrected chi connectivity index (χ0v) is 10.1. The minimum absolute atomic E-state index is 0.0622. The van der Waals surface area contributed by atoms with Crippen molar-refractivity contribution < 1.29 is 26.7 Å². The van der Waals surface area contributed by atoms with Crippen LogP contribution in [-0.4, -0.2) is 31.4 Å². The van der Waals surface area contributed by atoms with Gasteiger partial charge in [-0.1, -0.05) is 0 Å². The van der Waals surface area contributed by atoms with Gasteiger partial charge in [0.15, 0.2) is 0 Å². The summed E-state index contributed by atoms with van der Waals surface area (Å²) >= 11 is 1.22. The van der Waals surface area contributed by atoms with Crippen LogP contribution in [0.4, 0.5) is 13.2 Å². The van der Waals surface area contributed by atoms with Crippen molar-refractivity contribution in [2.24, 2.45) is 0 Å². The summed E-state index contributed by atoms with van der Waals surface area (Å²) in [5, 5.41) is 8.55. The van der Waals surface area contributed by atoms with Gasteiger partial charge in [-0.15, -0.1) is 11.8 Å². The molecule has 3 nitrogen and oxygen atoms in total. The SMILES string of the molecule is O=S(=O)(c1ccc(SCCO)cc1)C(F)(F)F. The summed E-state index contributed by atoms with van der Waals surface area (Å²) in [4.78, 5) is -0.182. The van der Waals surface area contributed by atoms with Crippen LogP contribution in [0.3, 0.4) is 0 Å². The monoisotopic (exact) mass is 286 g/mol. The highest BCUT2D eigenvalue weighted by atomic mass is 32.2. The molecule has 0 unspecified atom stereocenters. The van der Waals surface area contributed by atoms with Crippen molar-refractivity contribution in [3.8, 4) is 0 Å². The van der Waals surface area contributed by atoms with Crippen molar-refractivity contribution >= 4 is 21.6 Å². The predicted octanol–water partition coefficient (Wildman–Crippen LogP) is 2.06. The number of aliphatic hydroxyl groups excluding tert-OH is 1. The van der Waals surface area contributed by atoms with E-state index < -0.39 is 20.2 Å². The van der Waals surface area contributed by atoms with Crippen molar-refractivity contribution in [3.63, 3.8) is 0 Å². The fraction of sp³-hybridized carbons (Fsp3) is 0.333. The van der Waals surface area contributed by atoms with Crippen LogP contribution in [0.5, 0.6) is 0 Å². The van der Waals surface area contributed by atoms with E-state index in [1.165, 1.54) is 23.9 Å². The van der Waals surface area contributed by atoms with Gasteiger partial charge in [0.25, 0.3) is 9.84 Å². The lowest BCUT2D eigenvalue weighted by molar-refractivity contribution is -0.0436. The zero-order chi connectivity index (χ0) is 13.1. The van der Waals surface area contributed by atoms with Gasteiger partial charge in [0.1, 0.15) is 0 Å². The van der Waals surface area contributed by atoms with E-state index in [1.54, 1.807) is 0 Å². The second-order valence-corrected chi connectivity index (χ2v) is 6.10. The molecule has 0 amide bonds. The summed E-state index contributed by atoms with van der Waals surface area (Å²) in [5.74, 6) is 0.394. The Hall–Kier alpha value is -0.730. The second-order valence-electron chi connectivity index (χ2n) is 2.99. The molecule has 0 heterocycles. The quantitative estimate of drug-likeness (QED) is 0.861. The first-order valence-electron chi connectivity index (χ1n) is 4.44. The number of halogens is 3. The molecule has 0 aromatic heterocycles. The Morgan fingerprint density at radius 3 is 2.12 bits per heavy atom. The highest BCUT2D eigenvalue weighted by Gasteiger charge is 2.46. The second kappa shape index (κ2) is 5.28. The summed E-state index contributed by atoms with van der Waals surface area (Å²) in [6.07, 6.45) is 0. The maximum absolute atomic E-state index is 12.2. The largest absolute Gasteiger partial charge is 0.501 e. The van der Waals surface area contributed by atoms with E-state index in [0.717, 1.165) is 12.1 Å². The third-order valence-electron chi connectivity index (χ3n) is 1.80. The molecule has 17 heavy (non-hydrogen) atoms. The molecule has 0 spiro atoms. The molecule has 1 rings (SSSR count). The van der Waals surface area contributed by atoms with Gasteiger partial charge < -0.3 is 5.11 Å². The number of rotatable bonds is 4. The van der Waals surface area contributed by atoms with Crippen molar-refractivity contribution in [2.45, 2.75) is 15.3 Å². The minimum atomic E-state index is -5.28. The average Bonchev–Trinajstić information content (AvgIpc) is 2.25. The summed E-state index contributed by atoms with van der Waals surface area (Å²) < 4.78 is 58.6. The van der Waals surface area contributed by atoms with Gasteiger partial charge in [-0.2, -0.15) is 13.2 Å². The van der Waals surface area contributed by atoms with Crippen LogP contribution in [0.2, 0.25) is 0 Å². The van der Waals surface area contributed by atoms with Gasteiger partial charge in [-0.05, 0) is 24.3 Å². The highest BCUT2D eigenvalue weighted by Crippen LogP contribution is 2.31. The maximum atomic E-state index is 12.2. The minimum Gasteiger partial charge on any atom is -0.396 e. The molecule has 0 aliphatic heterocycles. The first kappa shape index (κ1) is 14.3. The summed E-state index contributed by atoms with van der Waals surface area (Å²) in [6.45, 7) is -0.0622. The smallest absolute Gasteiger partial charge is 0.396 e. The molecule has 1 aromatic carbocycles. The zero-order valence-electron chi connectivity index (χ0n) is 8.44. The fourth-order valence-corrected chi connectivity index (χ4v) is 2.43. The van der Waals surface area contributed by atoms with E-state index in [-0.39, 0.29) is 6.61 Å². The molecular weight excluding hydrogens is 277 g/mol. The lowest BCUT2D eigenvalue weighted by atomic mass is 10.4. The Morgan fingerprint density at radius 2 is 1.71 bits per heavy atom. The fourth-order valence-electron chi connectivity index (χ4n) is 1.01. The van der Waals surface area contributed by atoms with Crippen LogP contribution < -0.4 is 0 Å². The van der Waals surface area contributed by atoms with Gasteiger partial charge in [0, 0.05) is 10.6 Å². The molecular formula is C9H9F3O3S2. The van der Waals surface area contributed by atoms with E-state index in [0.29, 0.717) is 10.6 Å². The highest BCUT2D eigenvalue weighted by molar-refractivity contribution is 7.99. The Kier molecular flexibility index (Phi) is 4.45. The van der Waals surface area contributed by atoms with Gasteiger partial charge in [-0.3, -0.25) is 0 Å². The molecule has 0 radical (unpaired) electrons. The van der Waals surface area contributed by atoms with Gasteiger partial charge in [0.05, 0.1) is 11.5 Å². The predicted molar refractivity (Wildman–Crippen MR) is 57.5 cm³/mol. The molecule has 96 valence electrons. The average molecular weight is 286 g/mol. The van der Waals surface area contributed by atoms with E-state index in [9.17, 15) is 21.6 Å². The molecule has 0 fully saturated rings. The molecule has 0 aliphatic rings.